The number of hydrogen-bond donors (Lipinski definition) is 1. The molecule has 0 fully saturated rings. The molecule has 0 bridgehead atoms. The fourth-order valence-corrected chi connectivity index (χ4v) is 3.18. The minimum absolute atomic E-state index is 0.0191. The van der Waals surface area contributed by atoms with E-state index in [4.69, 9.17) is 11.6 Å². The molecule has 5 heteroatoms. The van der Waals surface area contributed by atoms with Crippen molar-refractivity contribution >= 4 is 35.0 Å². The summed E-state index contributed by atoms with van der Waals surface area (Å²) in [5, 5.41) is 9.57. The van der Waals surface area contributed by atoms with E-state index in [0.717, 1.165) is 10.6 Å². The van der Waals surface area contributed by atoms with E-state index in [0.29, 0.717) is 11.4 Å². The Labute approximate surface area is 119 Å². The van der Waals surface area contributed by atoms with Crippen LogP contribution in [0.15, 0.2) is 47.4 Å². The van der Waals surface area contributed by atoms with Crippen LogP contribution >= 0.6 is 23.4 Å². The minimum atomic E-state index is -0.112. The van der Waals surface area contributed by atoms with E-state index in [1.807, 2.05) is 24.3 Å². The first-order valence-electron chi connectivity index (χ1n) is 5.69. The maximum atomic E-state index is 12.4. The quantitative estimate of drug-likeness (QED) is 0.870. The molecule has 0 radical (unpaired) electrons. The van der Waals surface area contributed by atoms with E-state index in [1.54, 1.807) is 22.7 Å². The Hall–Kier alpha value is -1.65. The predicted molar refractivity (Wildman–Crippen MR) is 77.1 cm³/mol. The molecule has 96 valence electrons. The average molecular weight is 292 g/mol. The summed E-state index contributed by atoms with van der Waals surface area (Å²) < 4.78 is 0. The van der Waals surface area contributed by atoms with Crippen molar-refractivity contribution in [2.75, 3.05) is 10.8 Å². The van der Waals surface area contributed by atoms with Gasteiger partial charge >= 0.3 is 0 Å². The highest BCUT2D eigenvalue weighted by Gasteiger charge is 2.26. The Balaban J connectivity index is 1.95. The van der Waals surface area contributed by atoms with Gasteiger partial charge < -0.3 is 5.11 Å². The fourth-order valence-electron chi connectivity index (χ4n) is 1.97. The molecule has 1 heterocycles. The standard InChI is InChI=1S/C14H10ClNO2S/c15-10-7-9(5-6-12(10)17)14(18)16-8-19-13-4-2-1-3-11(13)16/h1-7,17H,8H2. The van der Waals surface area contributed by atoms with Crippen molar-refractivity contribution in [1.82, 2.24) is 0 Å². The number of nitrogens with zero attached hydrogens (tertiary/aromatic N) is 1. The Morgan fingerprint density at radius 3 is 2.84 bits per heavy atom. The molecule has 0 atom stereocenters. The first-order valence-corrected chi connectivity index (χ1v) is 7.05. The molecular formula is C14H10ClNO2S. The molecular weight excluding hydrogens is 282 g/mol. The van der Waals surface area contributed by atoms with Gasteiger partial charge in [0, 0.05) is 10.5 Å². The van der Waals surface area contributed by atoms with Crippen LogP contribution in [0.2, 0.25) is 5.02 Å². The van der Waals surface area contributed by atoms with E-state index >= 15 is 0 Å². The number of carbonyl (C=O) groups is 1. The van der Waals surface area contributed by atoms with Crippen LogP contribution in [0.3, 0.4) is 0 Å². The van der Waals surface area contributed by atoms with E-state index in [1.165, 1.54) is 12.1 Å². The third-order valence-corrected chi connectivity index (χ3v) is 4.29. The van der Waals surface area contributed by atoms with Crippen molar-refractivity contribution in [2.45, 2.75) is 4.90 Å². The molecule has 1 amide bonds. The van der Waals surface area contributed by atoms with E-state index < -0.39 is 0 Å². The van der Waals surface area contributed by atoms with Crippen LogP contribution in [0.4, 0.5) is 5.69 Å². The van der Waals surface area contributed by atoms with Crippen molar-refractivity contribution < 1.29 is 9.90 Å². The molecule has 1 N–H and O–H groups in total. The number of thioether (sulfide) groups is 1. The summed E-state index contributed by atoms with van der Waals surface area (Å²) >= 11 is 7.47. The SMILES string of the molecule is O=C(c1ccc(O)c(Cl)c1)N1CSc2ccccc21. The molecule has 0 aliphatic carbocycles. The van der Waals surface area contributed by atoms with Gasteiger partial charge in [-0.25, -0.2) is 0 Å². The highest BCUT2D eigenvalue weighted by atomic mass is 35.5. The van der Waals surface area contributed by atoms with Crippen molar-refractivity contribution in [3.8, 4) is 5.75 Å². The van der Waals surface area contributed by atoms with Gasteiger partial charge in [0.25, 0.3) is 5.91 Å². The Bertz CT molecular complexity index is 660. The third-order valence-electron chi connectivity index (χ3n) is 2.94. The maximum Gasteiger partial charge on any atom is 0.259 e. The molecule has 0 saturated carbocycles. The van der Waals surface area contributed by atoms with Crippen LogP contribution in [0.25, 0.3) is 0 Å². The molecule has 2 aromatic rings. The number of halogens is 1. The molecule has 1 aliphatic heterocycles. The zero-order valence-electron chi connectivity index (χ0n) is 9.84. The highest BCUT2D eigenvalue weighted by molar-refractivity contribution is 8.00. The lowest BCUT2D eigenvalue weighted by Gasteiger charge is -2.16. The molecule has 0 aromatic heterocycles. The zero-order chi connectivity index (χ0) is 13.4. The van der Waals surface area contributed by atoms with Gasteiger partial charge in [-0.1, -0.05) is 23.7 Å². The summed E-state index contributed by atoms with van der Waals surface area (Å²) in [5.74, 6) is 0.463. The number of anilines is 1. The van der Waals surface area contributed by atoms with Crippen molar-refractivity contribution in [1.29, 1.82) is 0 Å². The van der Waals surface area contributed by atoms with Gasteiger partial charge in [0.1, 0.15) is 5.75 Å². The van der Waals surface area contributed by atoms with Crippen LogP contribution < -0.4 is 4.90 Å². The lowest BCUT2D eigenvalue weighted by atomic mass is 10.2. The van der Waals surface area contributed by atoms with Gasteiger partial charge in [-0.3, -0.25) is 9.69 Å². The lowest BCUT2D eigenvalue weighted by Crippen LogP contribution is -2.27. The van der Waals surface area contributed by atoms with E-state index in [2.05, 4.69) is 0 Å². The second-order valence-corrected chi connectivity index (χ2v) is 5.53. The molecule has 0 spiro atoms. The Morgan fingerprint density at radius 1 is 1.26 bits per heavy atom. The van der Waals surface area contributed by atoms with Gasteiger partial charge in [0.15, 0.2) is 0 Å². The smallest absolute Gasteiger partial charge is 0.259 e. The number of para-hydroxylation sites is 1. The average Bonchev–Trinajstić information content (AvgIpc) is 2.85. The van der Waals surface area contributed by atoms with Gasteiger partial charge in [-0.2, -0.15) is 0 Å². The van der Waals surface area contributed by atoms with Gasteiger partial charge in [0.2, 0.25) is 0 Å². The van der Waals surface area contributed by atoms with E-state index in [9.17, 15) is 9.90 Å². The normalized spacial score (nSPS) is 13.4. The highest BCUT2D eigenvalue weighted by Crippen LogP contribution is 2.39. The molecule has 3 rings (SSSR count). The summed E-state index contributed by atoms with van der Waals surface area (Å²) in [4.78, 5) is 15.3. The largest absolute Gasteiger partial charge is 0.506 e. The Kier molecular flexibility index (Phi) is 3.12. The summed E-state index contributed by atoms with van der Waals surface area (Å²) in [7, 11) is 0. The van der Waals surface area contributed by atoms with Gasteiger partial charge in [-0.05, 0) is 30.3 Å². The predicted octanol–water partition coefficient (Wildman–Crippen LogP) is 3.76. The maximum absolute atomic E-state index is 12.4. The fraction of sp³-hybridized carbons (Fsp3) is 0.0714. The molecule has 1 aliphatic rings. The summed E-state index contributed by atoms with van der Waals surface area (Å²) in [6, 6.07) is 12.3. The molecule has 19 heavy (non-hydrogen) atoms. The first kappa shape index (κ1) is 12.4. The summed E-state index contributed by atoms with van der Waals surface area (Å²) in [6.07, 6.45) is 0. The third kappa shape index (κ3) is 2.17. The van der Waals surface area contributed by atoms with Gasteiger partial charge in [-0.15, -0.1) is 11.8 Å². The number of carbonyl (C=O) groups excluding carboxylic acids is 1. The van der Waals surface area contributed by atoms with Crippen molar-refractivity contribution in [3.05, 3.63) is 53.1 Å². The molecule has 0 unspecified atom stereocenters. The van der Waals surface area contributed by atoms with E-state index in [-0.39, 0.29) is 16.7 Å². The van der Waals surface area contributed by atoms with Crippen LogP contribution in [0.1, 0.15) is 10.4 Å². The topological polar surface area (TPSA) is 40.5 Å². The second kappa shape index (κ2) is 4.79. The van der Waals surface area contributed by atoms with Gasteiger partial charge in [0.05, 0.1) is 16.6 Å². The number of aromatic hydroxyl groups is 1. The molecule has 3 nitrogen and oxygen atoms in total. The Morgan fingerprint density at radius 2 is 2.05 bits per heavy atom. The monoisotopic (exact) mass is 291 g/mol. The van der Waals surface area contributed by atoms with Crippen LogP contribution in [0, 0.1) is 0 Å². The second-order valence-electron chi connectivity index (χ2n) is 4.14. The number of hydrogen-bond acceptors (Lipinski definition) is 3. The lowest BCUT2D eigenvalue weighted by molar-refractivity contribution is 0.0992. The summed E-state index contributed by atoms with van der Waals surface area (Å²) in [5.41, 5.74) is 1.39. The number of rotatable bonds is 1. The molecule has 2 aromatic carbocycles. The van der Waals surface area contributed by atoms with Crippen LogP contribution in [0.5, 0.6) is 5.75 Å². The van der Waals surface area contributed by atoms with Crippen molar-refractivity contribution in [3.63, 3.8) is 0 Å². The number of phenols is 1. The minimum Gasteiger partial charge on any atom is -0.506 e. The van der Waals surface area contributed by atoms with Crippen LogP contribution in [-0.2, 0) is 0 Å². The molecule has 0 saturated heterocycles. The summed E-state index contributed by atoms with van der Waals surface area (Å²) in [6.45, 7) is 0. The first-order chi connectivity index (χ1) is 9.16. The van der Waals surface area contributed by atoms with Crippen LogP contribution in [-0.4, -0.2) is 16.9 Å². The van der Waals surface area contributed by atoms with Crippen molar-refractivity contribution in [2.24, 2.45) is 0 Å². The number of fused-ring (bicyclic) bond motifs is 1. The number of phenolic OH excluding ortho intramolecular Hbond substituents is 1. The number of benzene rings is 2. The number of amides is 1. The zero-order valence-corrected chi connectivity index (χ0v) is 11.4.